The van der Waals surface area contributed by atoms with E-state index in [9.17, 15) is 0 Å². The minimum atomic E-state index is 0.0494. The number of aryl methyl sites for hydroxylation is 5. The first-order valence-electron chi connectivity index (χ1n) is 13.5. The van der Waals surface area contributed by atoms with Gasteiger partial charge in [-0.2, -0.15) is 0 Å². The van der Waals surface area contributed by atoms with Crippen molar-refractivity contribution in [1.29, 1.82) is 0 Å². The lowest BCUT2D eigenvalue weighted by molar-refractivity contribution is 0.752. The lowest BCUT2D eigenvalue weighted by atomic mass is 9.94. The predicted octanol–water partition coefficient (Wildman–Crippen LogP) is 9.37. The Bertz CT molecular complexity index is 1320. The zero-order valence-electron chi connectivity index (χ0n) is 24.2. The molecule has 0 saturated heterocycles. The van der Waals surface area contributed by atoms with Gasteiger partial charge in [0.25, 0.3) is 0 Å². The molecule has 194 valence electrons. The average Bonchev–Trinajstić information content (AvgIpc) is 3.17. The Hall–Kier alpha value is -3.66. The third-order valence-electron chi connectivity index (χ3n) is 6.57. The zero-order chi connectivity index (χ0) is 27.3. The summed E-state index contributed by atoms with van der Waals surface area (Å²) in [6, 6.07) is 19.9. The molecule has 1 atom stereocenters. The molecule has 37 heavy (non-hydrogen) atoms. The Morgan fingerprint density at radius 1 is 0.622 bits per heavy atom. The minimum Gasteiger partial charge on any atom is -0.302 e. The first-order valence-corrected chi connectivity index (χ1v) is 13.5. The highest BCUT2D eigenvalue weighted by atomic mass is 15.5. The molecule has 2 heterocycles. The summed E-state index contributed by atoms with van der Waals surface area (Å²) in [4.78, 5) is 14.1. The second-order valence-corrected chi connectivity index (χ2v) is 9.19. The van der Waals surface area contributed by atoms with Crippen LogP contribution in [-0.4, -0.2) is 16.1 Å². The van der Waals surface area contributed by atoms with Crippen LogP contribution in [0.25, 0.3) is 11.1 Å². The molecule has 5 rings (SSSR count). The number of aromatic nitrogens is 2. The summed E-state index contributed by atoms with van der Waals surface area (Å²) in [5.41, 5.74) is 11.2. The molecule has 1 aliphatic rings. The largest absolute Gasteiger partial charge is 0.302 e. The SMILES string of the molecule is CC.CC.Cc1cc(C)cc(N2c3nccnc3N(c3ccc(-c4c(C)cccc4C)cc3C)C2C)c1. The van der Waals surface area contributed by atoms with Gasteiger partial charge in [0.05, 0.1) is 0 Å². The number of nitrogens with zero attached hydrogens (tertiary/aromatic N) is 4. The molecule has 0 spiro atoms. The first kappa shape index (κ1) is 27.9. The molecule has 1 unspecified atom stereocenters. The van der Waals surface area contributed by atoms with Gasteiger partial charge in [-0.15, -0.1) is 0 Å². The van der Waals surface area contributed by atoms with E-state index in [1.807, 2.05) is 27.7 Å². The van der Waals surface area contributed by atoms with Crippen molar-refractivity contribution in [3.05, 3.63) is 94.8 Å². The van der Waals surface area contributed by atoms with Crippen LogP contribution in [0.2, 0.25) is 0 Å². The fraction of sp³-hybridized carbons (Fsp3) is 0.333. The van der Waals surface area contributed by atoms with E-state index in [1.165, 1.54) is 38.9 Å². The fourth-order valence-corrected chi connectivity index (χ4v) is 5.23. The van der Waals surface area contributed by atoms with Crippen molar-refractivity contribution in [3.63, 3.8) is 0 Å². The van der Waals surface area contributed by atoms with Crippen molar-refractivity contribution in [3.8, 4) is 11.1 Å². The molecule has 1 aromatic heterocycles. The van der Waals surface area contributed by atoms with Crippen molar-refractivity contribution >= 4 is 23.0 Å². The topological polar surface area (TPSA) is 32.3 Å². The van der Waals surface area contributed by atoms with Crippen LogP contribution < -0.4 is 9.80 Å². The van der Waals surface area contributed by atoms with Gasteiger partial charge in [0, 0.05) is 23.8 Å². The van der Waals surface area contributed by atoms with Gasteiger partial charge in [-0.3, -0.25) is 0 Å². The quantitative estimate of drug-likeness (QED) is 0.284. The van der Waals surface area contributed by atoms with Crippen LogP contribution in [0.3, 0.4) is 0 Å². The fourth-order valence-electron chi connectivity index (χ4n) is 5.23. The molecule has 0 bridgehead atoms. The Morgan fingerprint density at radius 3 is 1.70 bits per heavy atom. The number of anilines is 4. The van der Waals surface area contributed by atoms with Crippen LogP contribution in [0, 0.1) is 34.6 Å². The number of rotatable bonds is 3. The third kappa shape index (κ3) is 5.39. The van der Waals surface area contributed by atoms with Crippen LogP contribution >= 0.6 is 0 Å². The monoisotopic (exact) mass is 494 g/mol. The highest BCUT2D eigenvalue weighted by Gasteiger charge is 2.38. The lowest BCUT2D eigenvalue weighted by Gasteiger charge is -2.30. The van der Waals surface area contributed by atoms with Crippen molar-refractivity contribution in [2.75, 3.05) is 9.80 Å². The van der Waals surface area contributed by atoms with Gasteiger partial charge < -0.3 is 9.80 Å². The van der Waals surface area contributed by atoms with E-state index in [4.69, 9.17) is 9.97 Å². The smallest absolute Gasteiger partial charge is 0.178 e. The molecule has 4 heteroatoms. The molecule has 0 aliphatic carbocycles. The molecule has 4 nitrogen and oxygen atoms in total. The molecule has 0 fully saturated rings. The van der Waals surface area contributed by atoms with E-state index in [0.717, 1.165) is 23.0 Å². The molecule has 0 saturated carbocycles. The van der Waals surface area contributed by atoms with Crippen LogP contribution in [-0.2, 0) is 0 Å². The maximum atomic E-state index is 4.76. The Kier molecular flexibility index (Phi) is 9.09. The van der Waals surface area contributed by atoms with E-state index in [1.54, 1.807) is 12.4 Å². The molecular formula is C33H42N4. The van der Waals surface area contributed by atoms with Crippen molar-refractivity contribution in [1.82, 2.24) is 9.97 Å². The zero-order valence-corrected chi connectivity index (χ0v) is 24.2. The van der Waals surface area contributed by atoms with E-state index >= 15 is 0 Å². The molecule has 0 radical (unpaired) electrons. The summed E-state index contributed by atoms with van der Waals surface area (Å²) in [5, 5.41) is 0. The summed E-state index contributed by atoms with van der Waals surface area (Å²) in [6.07, 6.45) is 3.61. The van der Waals surface area contributed by atoms with Crippen LogP contribution in [0.4, 0.5) is 23.0 Å². The maximum Gasteiger partial charge on any atom is 0.178 e. The van der Waals surface area contributed by atoms with E-state index in [0.29, 0.717) is 0 Å². The van der Waals surface area contributed by atoms with Crippen LogP contribution in [0.15, 0.2) is 67.0 Å². The van der Waals surface area contributed by atoms with Crippen molar-refractivity contribution in [2.24, 2.45) is 0 Å². The predicted molar refractivity (Wildman–Crippen MR) is 160 cm³/mol. The summed E-state index contributed by atoms with van der Waals surface area (Å²) in [5.74, 6) is 1.79. The van der Waals surface area contributed by atoms with Gasteiger partial charge in [0.2, 0.25) is 0 Å². The highest BCUT2D eigenvalue weighted by molar-refractivity contribution is 5.85. The summed E-state index contributed by atoms with van der Waals surface area (Å²) < 4.78 is 0. The Morgan fingerprint density at radius 2 is 1.16 bits per heavy atom. The number of fused-ring (bicyclic) bond motifs is 1. The normalized spacial score (nSPS) is 13.8. The van der Waals surface area contributed by atoms with Crippen molar-refractivity contribution in [2.45, 2.75) is 75.4 Å². The number of benzene rings is 3. The second-order valence-electron chi connectivity index (χ2n) is 9.19. The maximum absolute atomic E-state index is 4.76. The number of hydrogen-bond acceptors (Lipinski definition) is 4. The second kappa shape index (κ2) is 12.1. The van der Waals surface area contributed by atoms with Gasteiger partial charge in [0.1, 0.15) is 6.17 Å². The van der Waals surface area contributed by atoms with Gasteiger partial charge in [-0.1, -0.05) is 58.0 Å². The van der Waals surface area contributed by atoms with Crippen molar-refractivity contribution < 1.29 is 0 Å². The summed E-state index contributed by atoms with van der Waals surface area (Å²) >= 11 is 0. The molecule has 1 aliphatic heterocycles. The van der Waals surface area contributed by atoms with Gasteiger partial charge in [-0.05, 0) is 105 Å². The first-order chi connectivity index (χ1) is 17.8. The standard InChI is InChI=1S/C29H30N4.2C2H6/c1-18-14-19(2)16-25(15-18)32-23(6)33(29-28(32)30-12-13-31-29)26-11-10-24(17-22(26)5)27-20(3)8-7-9-21(27)4;2*1-2/h7-17,23H,1-6H3;2*1-2H3. The Balaban J connectivity index is 0.000000907. The third-order valence-corrected chi connectivity index (χ3v) is 6.57. The summed E-state index contributed by atoms with van der Waals surface area (Å²) in [7, 11) is 0. The molecule has 0 amide bonds. The summed E-state index contributed by atoms with van der Waals surface area (Å²) in [6.45, 7) is 21.1. The minimum absolute atomic E-state index is 0.0494. The Labute approximate surface area is 224 Å². The lowest BCUT2D eigenvalue weighted by Crippen LogP contribution is -2.36. The molecular weight excluding hydrogens is 452 g/mol. The molecule has 4 aromatic rings. The molecule has 3 aromatic carbocycles. The molecule has 0 N–H and O–H groups in total. The number of hydrogen-bond donors (Lipinski definition) is 0. The highest BCUT2D eigenvalue weighted by Crippen LogP contribution is 2.46. The average molecular weight is 495 g/mol. The van der Waals surface area contributed by atoms with E-state index < -0.39 is 0 Å². The van der Waals surface area contributed by atoms with E-state index in [-0.39, 0.29) is 6.17 Å². The van der Waals surface area contributed by atoms with Gasteiger partial charge in [-0.25, -0.2) is 9.97 Å². The van der Waals surface area contributed by atoms with Gasteiger partial charge in [0.15, 0.2) is 11.6 Å². The van der Waals surface area contributed by atoms with Crippen LogP contribution in [0.1, 0.15) is 62.4 Å². The van der Waals surface area contributed by atoms with Gasteiger partial charge >= 0.3 is 0 Å². The van der Waals surface area contributed by atoms with E-state index in [2.05, 4.69) is 106 Å². The van der Waals surface area contributed by atoms with Crippen LogP contribution in [0.5, 0.6) is 0 Å².